The van der Waals surface area contributed by atoms with Crippen molar-refractivity contribution in [1.29, 1.82) is 0 Å². The molecule has 198 valence electrons. The van der Waals surface area contributed by atoms with E-state index < -0.39 is 0 Å². The smallest absolute Gasteiger partial charge is 0.166 e. The van der Waals surface area contributed by atoms with Crippen LogP contribution in [-0.2, 0) is 11.5 Å². The Morgan fingerprint density at radius 2 is 1.14 bits per heavy atom. The average Bonchev–Trinajstić information content (AvgIpc) is 2.90. The number of rotatable bonds is 17. The van der Waals surface area contributed by atoms with Crippen LogP contribution in [-0.4, -0.2) is 72.1 Å². The second-order valence-corrected chi connectivity index (χ2v) is 10.5. The third-order valence-corrected chi connectivity index (χ3v) is 7.37. The molecule has 2 aromatic heterocycles. The summed E-state index contributed by atoms with van der Waals surface area (Å²) in [4.78, 5) is 8.73. The monoisotopic (exact) mass is 568 g/mol. The van der Waals surface area contributed by atoms with Crippen molar-refractivity contribution in [2.75, 3.05) is 51.9 Å². The topological polar surface area (TPSA) is 92.4 Å². The molecule has 4 N–H and O–H groups in total. The third-order valence-electron chi connectivity index (χ3n) is 4.85. The molecule has 0 atom stereocenters. The number of ether oxygens (including phenoxy) is 2. The van der Waals surface area contributed by atoms with Crippen LogP contribution >= 0.6 is 48.0 Å². The summed E-state index contributed by atoms with van der Waals surface area (Å²) in [5.41, 5.74) is 1.93. The van der Waals surface area contributed by atoms with Gasteiger partial charge in [0.15, 0.2) is 10.2 Å². The standard InChI is InChI=1S/C24H36N6O2S4/c1-31-21-7-5-11-25-19(21)17-35-15-13-29-23(33)27-9-3-4-10-28-24(34)30-14-16-36-18-20-22(32-2)8-6-12-26-20/h5-8,11-12H,3-4,9-10,13-18H2,1-2H3,(H2,27,29,33)(H2,28,30,34). The maximum Gasteiger partial charge on any atom is 0.166 e. The Kier molecular flexibility index (Phi) is 16.1. The zero-order valence-corrected chi connectivity index (χ0v) is 24.1. The van der Waals surface area contributed by atoms with Gasteiger partial charge in [-0.1, -0.05) is 0 Å². The molecule has 0 aliphatic carbocycles. The average molecular weight is 569 g/mol. The van der Waals surface area contributed by atoms with Crippen LogP contribution in [0.4, 0.5) is 0 Å². The van der Waals surface area contributed by atoms with E-state index in [4.69, 9.17) is 33.9 Å². The molecule has 0 unspecified atom stereocenters. The second-order valence-electron chi connectivity index (χ2n) is 7.48. The molecule has 2 rings (SSSR count). The molecular formula is C24H36N6O2S4. The number of hydrogen-bond donors (Lipinski definition) is 4. The summed E-state index contributed by atoms with van der Waals surface area (Å²) in [6.07, 6.45) is 5.60. The molecule has 0 bridgehead atoms. The number of thiocarbonyl (C=S) groups is 2. The first-order chi connectivity index (χ1) is 17.6. The van der Waals surface area contributed by atoms with Crippen LogP contribution in [0, 0.1) is 0 Å². The van der Waals surface area contributed by atoms with Crippen molar-refractivity contribution in [1.82, 2.24) is 31.2 Å². The van der Waals surface area contributed by atoms with Crippen molar-refractivity contribution in [3.63, 3.8) is 0 Å². The lowest BCUT2D eigenvalue weighted by Gasteiger charge is -2.12. The molecule has 12 heteroatoms. The van der Waals surface area contributed by atoms with E-state index in [9.17, 15) is 0 Å². The molecular weight excluding hydrogens is 533 g/mol. The highest BCUT2D eigenvalue weighted by atomic mass is 32.2. The first-order valence-electron chi connectivity index (χ1n) is 11.8. The molecule has 0 fully saturated rings. The highest BCUT2D eigenvalue weighted by Gasteiger charge is 2.04. The summed E-state index contributed by atoms with van der Waals surface area (Å²) in [6.45, 7) is 3.28. The van der Waals surface area contributed by atoms with Crippen LogP contribution in [0.3, 0.4) is 0 Å². The molecule has 0 spiro atoms. The van der Waals surface area contributed by atoms with Crippen molar-refractivity contribution < 1.29 is 9.47 Å². The first-order valence-corrected chi connectivity index (χ1v) is 14.9. The number of nitrogens with zero attached hydrogens (tertiary/aromatic N) is 2. The number of unbranched alkanes of at least 4 members (excludes halogenated alkanes) is 1. The Bertz CT molecular complexity index is 848. The maximum absolute atomic E-state index is 5.35. The zero-order valence-electron chi connectivity index (χ0n) is 20.9. The van der Waals surface area contributed by atoms with Crippen molar-refractivity contribution in [2.45, 2.75) is 24.3 Å². The molecule has 0 aromatic carbocycles. The first kappa shape index (κ1) is 30.2. The van der Waals surface area contributed by atoms with E-state index in [0.717, 1.165) is 84.9 Å². The molecule has 0 saturated carbocycles. The Hall–Kier alpha value is -2.02. The Morgan fingerprint density at radius 1 is 0.722 bits per heavy atom. The lowest BCUT2D eigenvalue weighted by atomic mass is 10.3. The summed E-state index contributed by atoms with van der Waals surface area (Å²) >= 11 is 14.3. The van der Waals surface area contributed by atoms with E-state index in [2.05, 4.69) is 31.2 Å². The summed E-state index contributed by atoms with van der Waals surface area (Å²) < 4.78 is 10.7. The number of nitrogens with one attached hydrogen (secondary N) is 4. The fraction of sp³-hybridized carbons (Fsp3) is 0.500. The van der Waals surface area contributed by atoms with Gasteiger partial charge < -0.3 is 30.7 Å². The quantitative estimate of drug-likeness (QED) is 0.167. The van der Waals surface area contributed by atoms with Crippen LogP contribution in [0.2, 0.25) is 0 Å². The van der Waals surface area contributed by atoms with Gasteiger partial charge in [0.1, 0.15) is 11.5 Å². The lowest BCUT2D eigenvalue weighted by Crippen LogP contribution is -2.38. The van der Waals surface area contributed by atoms with E-state index in [-0.39, 0.29) is 0 Å². The van der Waals surface area contributed by atoms with E-state index in [0.29, 0.717) is 10.2 Å². The van der Waals surface area contributed by atoms with Gasteiger partial charge in [-0.15, -0.1) is 0 Å². The largest absolute Gasteiger partial charge is 0.495 e. The van der Waals surface area contributed by atoms with Crippen LogP contribution in [0.1, 0.15) is 24.2 Å². The Morgan fingerprint density at radius 3 is 1.56 bits per heavy atom. The van der Waals surface area contributed by atoms with Crippen LogP contribution in [0.15, 0.2) is 36.7 Å². The second kappa shape index (κ2) is 19.1. The summed E-state index contributed by atoms with van der Waals surface area (Å²) in [5.74, 6) is 5.16. The SMILES string of the molecule is COc1cccnc1CSCCNC(=S)NCCCCNC(=S)NCCSCc1ncccc1OC. The summed E-state index contributed by atoms with van der Waals surface area (Å²) in [6, 6.07) is 7.63. The summed E-state index contributed by atoms with van der Waals surface area (Å²) in [7, 11) is 3.34. The molecule has 0 saturated heterocycles. The van der Waals surface area contributed by atoms with Gasteiger partial charge in [-0.25, -0.2) is 0 Å². The van der Waals surface area contributed by atoms with E-state index in [1.807, 2.05) is 24.3 Å². The molecule has 2 aromatic rings. The lowest BCUT2D eigenvalue weighted by molar-refractivity contribution is 0.409. The van der Waals surface area contributed by atoms with Crippen LogP contribution in [0.25, 0.3) is 0 Å². The predicted molar refractivity (Wildman–Crippen MR) is 160 cm³/mol. The van der Waals surface area contributed by atoms with Gasteiger partial charge in [0.25, 0.3) is 0 Å². The van der Waals surface area contributed by atoms with Gasteiger partial charge in [-0.05, 0) is 61.5 Å². The van der Waals surface area contributed by atoms with Gasteiger partial charge in [0, 0.05) is 61.6 Å². The molecule has 0 amide bonds. The fourth-order valence-corrected chi connectivity index (χ4v) is 5.03. The highest BCUT2D eigenvalue weighted by molar-refractivity contribution is 7.98. The third kappa shape index (κ3) is 12.8. The fourth-order valence-electron chi connectivity index (χ4n) is 3.02. The minimum absolute atomic E-state index is 0.692. The van der Waals surface area contributed by atoms with Gasteiger partial charge in [-0.2, -0.15) is 23.5 Å². The van der Waals surface area contributed by atoms with E-state index in [1.165, 1.54) is 0 Å². The highest BCUT2D eigenvalue weighted by Crippen LogP contribution is 2.20. The molecule has 2 heterocycles. The van der Waals surface area contributed by atoms with E-state index >= 15 is 0 Å². The van der Waals surface area contributed by atoms with Crippen molar-refractivity contribution >= 4 is 58.2 Å². The van der Waals surface area contributed by atoms with Crippen molar-refractivity contribution in [2.24, 2.45) is 0 Å². The molecule has 36 heavy (non-hydrogen) atoms. The minimum atomic E-state index is 0.692. The van der Waals surface area contributed by atoms with Crippen molar-refractivity contribution in [3.8, 4) is 11.5 Å². The minimum Gasteiger partial charge on any atom is -0.495 e. The van der Waals surface area contributed by atoms with Gasteiger partial charge in [0.05, 0.1) is 25.6 Å². The molecule has 8 nitrogen and oxygen atoms in total. The van der Waals surface area contributed by atoms with Crippen LogP contribution < -0.4 is 30.7 Å². The normalized spacial score (nSPS) is 10.4. The summed E-state index contributed by atoms with van der Waals surface area (Å²) in [5, 5.41) is 14.4. The van der Waals surface area contributed by atoms with Gasteiger partial charge in [-0.3, -0.25) is 9.97 Å². The van der Waals surface area contributed by atoms with Crippen LogP contribution in [0.5, 0.6) is 11.5 Å². The number of thioether (sulfide) groups is 2. The number of hydrogen-bond acceptors (Lipinski definition) is 8. The molecule has 0 radical (unpaired) electrons. The predicted octanol–water partition coefficient (Wildman–Crippen LogP) is 3.37. The van der Waals surface area contributed by atoms with Gasteiger partial charge >= 0.3 is 0 Å². The number of methoxy groups -OCH3 is 2. The maximum atomic E-state index is 5.35. The Labute approximate surface area is 233 Å². The molecule has 0 aliphatic rings. The molecule has 0 aliphatic heterocycles. The number of pyridine rings is 2. The zero-order chi connectivity index (χ0) is 25.8. The van der Waals surface area contributed by atoms with Crippen molar-refractivity contribution in [3.05, 3.63) is 48.0 Å². The Balaban J connectivity index is 1.39. The van der Waals surface area contributed by atoms with Gasteiger partial charge in [0.2, 0.25) is 0 Å². The van der Waals surface area contributed by atoms with E-state index in [1.54, 1.807) is 50.1 Å². The number of aromatic nitrogens is 2.